The zero-order valence-corrected chi connectivity index (χ0v) is 19.3. The van der Waals surface area contributed by atoms with Crippen LogP contribution in [0.3, 0.4) is 0 Å². The van der Waals surface area contributed by atoms with Crippen LogP contribution in [0, 0.1) is 0 Å². The summed E-state index contributed by atoms with van der Waals surface area (Å²) in [6.07, 6.45) is 4.56. The van der Waals surface area contributed by atoms with Crippen molar-refractivity contribution in [1.82, 2.24) is 10.2 Å². The molecule has 4 rings (SSSR count). The van der Waals surface area contributed by atoms with Gasteiger partial charge in [0.15, 0.2) is 0 Å². The quantitative estimate of drug-likeness (QED) is 0.514. The van der Waals surface area contributed by atoms with Crippen LogP contribution in [0.1, 0.15) is 66.1 Å². The molecule has 1 saturated carbocycles. The van der Waals surface area contributed by atoms with Gasteiger partial charge >= 0.3 is 5.97 Å². The first kappa shape index (κ1) is 23.0. The summed E-state index contributed by atoms with van der Waals surface area (Å²) in [5.74, 6) is -0.825. The van der Waals surface area contributed by atoms with Crippen molar-refractivity contribution in [2.75, 3.05) is 13.6 Å². The molecule has 1 aliphatic rings. The van der Waals surface area contributed by atoms with Gasteiger partial charge in [0.05, 0.1) is 0 Å². The average molecular weight is 445 g/mol. The lowest BCUT2D eigenvalue weighted by Crippen LogP contribution is -2.35. The minimum Gasteiger partial charge on any atom is -0.480 e. The number of hydrogen-bond donors (Lipinski definition) is 2. The minimum atomic E-state index is -1.01. The Morgan fingerprint density at radius 2 is 1.76 bits per heavy atom. The van der Waals surface area contributed by atoms with Gasteiger partial charge < -0.3 is 15.3 Å². The van der Waals surface area contributed by atoms with Crippen LogP contribution < -0.4 is 5.32 Å². The van der Waals surface area contributed by atoms with E-state index in [4.69, 9.17) is 5.11 Å². The number of carbonyl (C=O) groups is 2. The topological polar surface area (TPSA) is 69.6 Å². The van der Waals surface area contributed by atoms with Gasteiger partial charge in [0.1, 0.15) is 6.54 Å². The molecule has 2 N–H and O–H groups in total. The third-order valence-corrected chi connectivity index (χ3v) is 6.80. The fourth-order valence-corrected chi connectivity index (χ4v) is 5.11. The molecule has 3 aromatic rings. The van der Waals surface area contributed by atoms with Gasteiger partial charge in [0, 0.05) is 24.7 Å². The van der Waals surface area contributed by atoms with Crippen molar-refractivity contribution in [3.8, 4) is 0 Å². The Balaban J connectivity index is 1.41. The van der Waals surface area contributed by atoms with Crippen LogP contribution in [0.15, 0.2) is 66.7 Å². The van der Waals surface area contributed by atoms with Crippen molar-refractivity contribution in [2.24, 2.45) is 0 Å². The molecule has 0 bridgehead atoms. The number of aliphatic carboxylic acids is 1. The first-order valence-electron chi connectivity index (χ1n) is 11.7. The molecule has 33 heavy (non-hydrogen) atoms. The lowest BCUT2D eigenvalue weighted by Gasteiger charge is -2.32. The second-order valence-corrected chi connectivity index (χ2v) is 9.19. The van der Waals surface area contributed by atoms with Crippen molar-refractivity contribution in [3.63, 3.8) is 0 Å². The highest BCUT2D eigenvalue weighted by Gasteiger charge is 2.25. The van der Waals surface area contributed by atoms with Gasteiger partial charge in [0.2, 0.25) is 0 Å². The highest BCUT2D eigenvalue weighted by molar-refractivity contribution is 5.95. The summed E-state index contributed by atoms with van der Waals surface area (Å²) < 4.78 is 0. The van der Waals surface area contributed by atoms with E-state index in [1.54, 1.807) is 0 Å². The molecule has 0 radical (unpaired) electrons. The monoisotopic (exact) mass is 444 g/mol. The van der Waals surface area contributed by atoms with E-state index in [-0.39, 0.29) is 18.5 Å². The minimum absolute atomic E-state index is 0.268. The molecule has 0 aromatic heterocycles. The molecule has 1 amide bonds. The summed E-state index contributed by atoms with van der Waals surface area (Å²) in [6.45, 7) is 1.95. The predicted octanol–water partition coefficient (Wildman–Crippen LogP) is 5.37. The molecule has 1 aliphatic carbocycles. The second kappa shape index (κ2) is 10.2. The molecule has 0 unspecified atom stereocenters. The Morgan fingerprint density at radius 1 is 1.03 bits per heavy atom. The molecule has 5 heteroatoms. The molecule has 0 aliphatic heterocycles. The van der Waals surface area contributed by atoms with Gasteiger partial charge in [-0.15, -0.1) is 0 Å². The number of benzene rings is 3. The van der Waals surface area contributed by atoms with Crippen LogP contribution in [-0.4, -0.2) is 41.5 Å². The number of amides is 1. The fraction of sp³-hybridized carbons (Fsp3) is 0.357. The van der Waals surface area contributed by atoms with Crippen molar-refractivity contribution < 1.29 is 14.7 Å². The normalized spacial score (nSPS) is 19.2. The highest BCUT2D eigenvalue weighted by atomic mass is 16.4. The van der Waals surface area contributed by atoms with E-state index in [2.05, 4.69) is 54.7 Å². The van der Waals surface area contributed by atoms with E-state index in [1.807, 2.05) is 24.3 Å². The van der Waals surface area contributed by atoms with Crippen LogP contribution in [0.2, 0.25) is 0 Å². The van der Waals surface area contributed by atoms with Crippen molar-refractivity contribution >= 4 is 22.6 Å². The number of nitrogens with one attached hydrogen (secondary N) is 1. The van der Waals surface area contributed by atoms with Crippen LogP contribution in [-0.2, 0) is 4.79 Å². The lowest BCUT2D eigenvalue weighted by atomic mass is 9.80. The maximum Gasteiger partial charge on any atom is 0.323 e. The van der Waals surface area contributed by atoms with Gasteiger partial charge in [-0.1, -0.05) is 61.0 Å². The lowest BCUT2D eigenvalue weighted by molar-refractivity contribution is -0.137. The standard InChI is InChI=1S/C28H32N2O3/c1-19(25-12-6-8-21-7-3-4-11-26(21)25)29-24-10-5-9-23(17-24)20-13-15-22(16-14-20)28(33)30(2)18-27(31)32/h3-4,6-8,11-16,19,23-24,29H,5,9-10,17-18H2,1-2H3,(H,31,32)/t19-,23+,24+/m1/s1. The highest BCUT2D eigenvalue weighted by Crippen LogP contribution is 2.34. The molecule has 172 valence electrons. The summed E-state index contributed by atoms with van der Waals surface area (Å²) in [7, 11) is 1.51. The second-order valence-electron chi connectivity index (χ2n) is 9.19. The van der Waals surface area contributed by atoms with Crippen LogP contribution in [0.4, 0.5) is 0 Å². The molecule has 3 atom stereocenters. The van der Waals surface area contributed by atoms with E-state index in [9.17, 15) is 9.59 Å². The predicted molar refractivity (Wildman–Crippen MR) is 132 cm³/mol. The Kier molecular flexibility index (Phi) is 7.09. The maximum atomic E-state index is 12.4. The number of fused-ring (bicyclic) bond motifs is 1. The van der Waals surface area contributed by atoms with Crippen molar-refractivity contribution in [2.45, 2.75) is 50.6 Å². The van der Waals surface area contributed by atoms with Gasteiger partial charge in [-0.05, 0) is 66.1 Å². The first-order valence-corrected chi connectivity index (χ1v) is 11.7. The third kappa shape index (κ3) is 5.42. The van der Waals surface area contributed by atoms with Crippen LogP contribution in [0.25, 0.3) is 10.8 Å². The Morgan fingerprint density at radius 3 is 2.52 bits per heavy atom. The van der Waals surface area contributed by atoms with Gasteiger partial charge in [0.25, 0.3) is 5.91 Å². The number of hydrogen-bond acceptors (Lipinski definition) is 3. The van der Waals surface area contributed by atoms with Crippen LogP contribution >= 0.6 is 0 Å². The van der Waals surface area contributed by atoms with Gasteiger partial charge in [-0.3, -0.25) is 9.59 Å². The smallest absolute Gasteiger partial charge is 0.323 e. The average Bonchev–Trinajstić information content (AvgIpc) is 2.83. The molecule has 0 saturated heterocycles. The number of likely N-dealkylation sites (N-methyl/N-ethyl adjacent to an activating group) is 1. The van der Waals surface area contributed by atoms with Crippen molar-refractivity contribution in [1.29, 1.82) is 0 Å². The molecular formula is C28H32N2O3. The Bertz CT molecular complexity index is 1120. The van der Waals surface area contributed by atoms with E-state index in [0.29, 0.717) is 17.5 Å². The molecule has 0 heterocycles. The molecule has 3 aromatic carbocycles. The van der Waals surface area contributed by atoms with E-state index >= 15 is 0 Å². The zero-order valence-electron chi connectivity index (χ0n) is 19.3. The first-order chi connectivity index (χ1) is 15.9. The van der Waals surface area contributed by atoms with Crippen molar-refractivity contribution in [3.05, 3.63) is 83.4 Å². The molecule has 5 nitrogen and oxygen atoms in total. The Labute approximate surface area is 195 Å². The van der Waals surface area contributed by atoms with Gasteiger partial charge in [-0.25, -0.2) is 0 Å². The zero-order chi connectivity index (χ0) is 23.4. The van der Waals surface area contributed by atoms with Crippen LogP contribution in [0.5, 0.6) is 0 Å². The van der Waals surface area contributed by atoms with E-state index < -0.39 is 5.97 Å². The summed E-state index contributed by atoms with van der Waals surface area (Å²) in [5.41, 5.74) is 3.11. The molecular weight excluding hydrogens is 412 g/mol. The summed E-state index contributed by atoms with van der Waals surface area (Å²) >= 11 is 0. The summed E-state index contributed by atoms with van der Waals surface area (Å²) in [6, 6.07) is 23.5. The Hall–Kier alpha value is -3.18. The summed E-state index contributed by atoms with van der Waals surface area (Å²) in [4.78, 5) is 24.5. The maximum absolute atomic E-state index is 12.4. The largest absolute Gasteiger partial charge is 0.480 e. The SMILES string of the molecule is C[C@@H](N[C@H]1CCC[C@H](c2ccc(C(=O)N(C)CC(=O)O)cc2)C1)c1cccc2ccccc12. The fourth-order valence-electron chi connectivity index (χ4n) is 5.11. The number of carboxylic acid groups (broad SMARTS) is 1. The number of carbonyl (C=O) groups excluding carboxylic acids is 1. The third-order valence-electron chi connectivity index (χ3n) is 6.80. The molecule has 1 fully saturated rings. The summed E-state index contributed by atoms with van der Waals surface area (Å²) in [5, 5.41) is 15.4. The number of rotatable bonds is 7. The van der Waals surface area contributed by atoms with E-state index in [1.165, 1.54) is 46.7 Å². The van der Waals surface area contributed by atoms with Gasteiger partial charge in [-0.2, -0.15) is 0 Å². The number of nitrogens with zero attached hydrogens (tertiary/aromatic N) is 1. The number of carboxylic acids is 1. The molecule has 0 spiro atoms. The van der Waals surface area contributed by atoms with E-state index in [0.717, 1.165) is 12.8 Å².